The van der Waals surface area contributed by atoms with Crippen LogP contribution in [0, 0.1) is 27.7 Å². The van der Waals surface area contributed by atoms with E-state index in [1.165, 1.54) is 22.3 Å². The fraction of sp³-hybridized carbons (Fsp3) is 0.182. The summed E-state index contributed by atoms with van der Waals surface area (Å²) in [5, 5.41) is 15.2. The quantitative estimate of drug-likeness (QED) is 0.526. The number of hydrogen-bond acceptors (Lipinski definition) is 2. The van der Waals surface area contributed by atoms with Crippen LogP contribution in [0.5, 0.6) is 0 Å². The van der Waals surface area contributed by atoms with E-state index < -0.39 is 0 Å². The highest BCUT2D eigenvalue weighted by Gasteiger charge is 2.12. The first kappa shape index (κ1) is 16.3. The summed E-state index contributed by atoms with van der Waals surface area (Å²) in [7, 11) is 0. The minimum atomic E-state index is 0.934. The number of H-pyrrole nitrogens is 2. The van der Waals surface area contributed by atoms with Crippen LogP contribution in [0.2, 0.25) is 0 Å². The summed E-state index contributed by atoms with van der Waals surface area (Å²) in [6, 6.07) is 17.0. The van der Waals surface area contributed by atoms with E-state index in [0.29, 0.717) is 0 Å². The highest BCUT2D eigenvalue weighted by Crippen LogP contribution is 2.29. The topological polar surface area (TPSA) is 57.4 Å². The van der Waals surface area contributed by atoms with Crippen molar-refractivity contribution in [3.8, 4) is 33.9 Å². The van der Waals surface area contributed by atoms with Gasteiger partial charge in [-0.25, -0.2) is 0 Å². The van der Waals surface area contributed by atoms with Gasteiger partial charge in [-0.05, 0) is 51.0 Å². The van der Waals surface area contributed by atoms with Crippen LogP contribution in [0.15, 0.2) is 48.5 Å². The molecule has 2 aromatic heterocycles. The minimum absolute atomic E-state index is 0.934. The van der Waals surface area contributed by atoms with Crippen molar-refractivity contribution in [3.05, 3.63) is 70.8 Å². The summed E-state index contributed by atoms with van der Waals surface area (Å²) in [4.78, 5) is 0. The van der Waals surface area contributed by atoms with Gasteiger partial charge < -0.3 is 0 Å². The predicted octanol–water partition coefficient (Wildman–Crippen LogP) is 5.37. The van der Waals surface area contributed by atoms with Crippen molar-refractivity contribution < 1.29 is 0 Å². The fourth-order valence-corrected chi connectivity index (χ4v) is 3.40. The third-order valence-corrected chi connectivity index (χ3v) is 4.76. The molecule has 2 N–H and O–H groups in total. The Hall–Kier alpha value is -3.14. The number of aryl methyl sites for hydroxylation is 4. The molecule has 0 amide bonds. The molecule has 0 radical (unpaired) electrons. The maximum Gasteiger partial charge on any atom is 0.0930 e. The molecule has 2 heterocycles. The van der Waals surface area contributed by atoms with Gasteiger partial charge in [-0.15, -0.1) is 0 Å². The largest absolute Gasteiger partial charge is 0.276 e. The Labute approximate surface area is 153 Å². The Kier molecular flexibility index (Phi) is 3.96. The second kappa shape index (κ2) is 6.30. The van der Waals surface area contributed by atoms with Gasteiger partial charge in [0.2, 0.25) is 0 Å². The van der Waals surface area contributed by atoms with Gasteiger partial charge in [0.1, 0.15) is 0 Å². The second-order valence-corrected chi connectivity index (χ2v) is 6.97. The summed E-state index contributed by atoms with van der Waals surface area (Å²) in [6.45, 7) is 8.44. The maximum absolute atomic E-state index is 4.49. The molecule has 2 aromatic carbocycles. The molecule has 4 nitrogen and oxygen atoms in total. The number of aromatic amines is 2. The average molecular weight is 342 g/mol. The van der Waals surface area contributed by atoms with E-state index in [9.17, 15) is 0 Å². The molecule has 4 aromatic rings. The monoisotopic (exact) mass is 342 g/mol. The Morgan fingerprint density at radius 3 is 1.38 bits per heavy atom. The molecule has 4 heteroatoms. The van der Waals surface area contributed by atoms with Crippen molar-refractivity contribution in [2.75, 3.05) is 0 Å². The van der Waals surface area contributed by atoms with Gasteiger partial charge >= 0.3 is 0 Å². The first-order valence-electron chi connectivity index (χ1n) is 8.78. The van der Waals surface area contributed by atoms with Crippen LogP contribution in [0.1, 0.15) is 22.3 Å². The summed E-state index contributed by atoms with van der Waals surface area (Å²) >= 11 is 0. The second-order valence-electron chi connectivity index (χ2n) is 6.97. The standard InChI is InChI=1S/C22H22N4/c1-13-5-7-17(15(3)9-13)19-11-21(25-23-19)22-12-20(24-26-22)18-8-6-14(2)10-16(18)4/h5-12H,1-4H3,(H,23,25)(H,24,26). The lowest BCUT2D eigenvalue weighted by molar-refractivity contribution is 1.06. The molecule has 0 saturated carbocycles. The van der Waals surface area contributed by atoms with Gasteiger partial charge in [0.25, 0.3) is 0 Å². The number of nitrogens with zero attached hydrogens (tertiary/aromatic N) is 2. The first-order valence-corrected chi connectivity index (χ1v) is 8.78. The zero-order chi connectivity index (χ0) is 18.3. The van der Waals surface area contributed by atoms with E-state index in [1.54, 1.807) is 0 Å². The number of benzene rings is 2. The number of rotatable bonds is 3. The van der Waals surface area contributed by atoms with Gasteiger partial charge in [-0.2, -0.15) is 10.2 Å². The van der Waals surface area contributed by atoms with Crippen LogP contribution < -0.4 is 0 Å². The minimum Gasteiger partial charge on any atom is -0.276 e. The van der Waals surface area contributed by atoms with Gasteiger partial charge in [0.15, 0.2) is 0 Å². The van der Waals surface area contributed by atoms with Crippen LogP contribution in [-0.4, -0.2) is 20.4 Å². The molecule has 4 rings (SSSR count). The van der Waals surface area contributed by atoms with Crippen molar-refractivity contribution in [1.82, 2.24) is 20.4 Å². The van der Waals surface area contributed by atoms with E-state index in [0.717, 1.165) is 33.9 Å². The lowest BCUT2D eigenvalue weighted by Crippen LogP contribution is -1.84. The summed E-state index contributed by atoms with van der Waals surface area (Å²) in [5.41, 5.74) is 11.0. The molecule has 0 bridgehead atoms. The fourth-order valence-electron chi connectivity index (χ4n) is 3.40. The summed E-state index contributed by atoms with van der Waals surface area (Å²) in [6.07, 6.45) is 0. The van der Waals surface area contributed by atoms with Crippen molar-refractivity contribution in [2.24, 2.45) is 0 Å². The molecular weight excluding hydrogens is 320 g/mol. The van der Waals surface area contributed by atoms with E-state index in [4.69, 9.17) is 0 Å². The number of nitrogens with one attached hydrogen (secondary N) is 2. The van der Waals surface area contributed by atoms with E-state index in [-0.39, 0.29) is 0 Å². The van der Waals surface area contributed by atoms with Gasteiger partial charge in [0.05, 0.1) is 22.8 Å². The van der Waals surface area contributed by atoms with E-state index >= 15 is 0 Å². The Morgan fingerprint density at radius 1 is 0.577 bits per heavy atom. The number of hydrogen-bond donors (Lipinski definition) is 2. The zero-order valence-electron chi connectivity index (χ0n) is 15.5. The van der Waals surface area contributed by atoms with Crippen LogP contribution in [-0.2, 0) is 0 Å². The average Bonchev–Trinajstić information content (AvgIpc) is 3.24. The van der Waals surface area contributed by atoms with Gasteiger partial charge in [-0.1, -0.05) is 47.5 Å². The highest BCUT2D eigenvalue weighted by atomic mass is 15.2. The van der Waals surface area contributed by atoms with E-state index in [2.05, 4.69) is 96.6 Å². The molecule has 0 fully saturated rings. The molecule has 0 aliphatic rings. The van der Waals surface area contributed by atoms with Crippen molar-refractivity contribution in [3.63, 3.8) is 0 Å². The molecular formula is C22H22N4. The molecule has 0 atom stereocenters. The molecule has 0 aliphatic carbocycles. The third-order valence-electron chi connectivity index (χ3n) is 4.76. The van der Waals surface area contributed by atoms with Crippen LogP contribution in [0.4, 0.5) is 0 Å². The maximum atomic E-state index is 4.49. The molecule has 0 saturated heterocycles. The molecule has 130 valence electrons. The highest BCUT2D eigenvalue weighted by molar-refractivity contribution is 5.72. The molecule has 0 aliphatic heterocycles. The van der Waals surface area contributed by atoms with Crippen LogP contribution in [0.3, 0.4) is 0 Å². The smallest absolute Gasteiger partial charge is 0.0930 e. The first-order chi connectivity index (χ1) is 12.5. The van der Waals surface area contributed by atoms with Crippen LogP contribution >= 0.6 is 0 Å². The summed E-state index contributed by atoms with van der Waals surface area (Å²) in [5.74, 6) is 0. The Bertz CT molecular complexity index is 997. The molecule has 0 unspecified atom stereocenters. The van der Waals surface area contributed by atoms with Gasteiger partial charge in [0, 0.05) is 11.1 Å². The van der Waals surface area contributed by atoms with Crippen molar-refractivity contribution >= 4 is 0 Å². The SMILES string of the molecule is Cc1ccc(-c2cc(-c3cc(-c4ccc(C)cc4C)n[nH]3)[nH]n2)c(C)c1. The number of aromatic nitrogens is 4. The lowest BCUT2D eigenvalue weighted by atomic mass is 10.0. The zero-order valence-corrected chi connectivity index (χ0v) is 15.5. The third kappa shape index (κ3) is 2.94. The van der Waals surface area contributed by atoms with Gasteiger partial charge in [-0.3, -0.25) is 10.2 Å². The molecule has 0 spiro atoms. The lowest BCUT2D eigenvalue weighted by Gasteiger charge is -2.03. The molecule has 26 heavy (non-hydrogen) atoms. The summed E-state index contributed by atoms with van der Waals surface area (Å²) < 4.78 is 0. The Morgan fingerprint density at radius 2 is 1.00 bits per heavy atom. The van der Waals surface area contributed by atoms with Crippen molar-refractivity contribution in [1.29, 1.82) is 0 Å². The predicted molar refractivity (Wildman–Crippen MR) is 106 cm³/mol. The van der Waals surface area contributed by atoms with Crippen molar-refractivity contribution in [2.45, 2.75) is 27.7 Å². The van der Waals surface area contributed by atoms with Crippen LogP contribution in [0.25, 0.3) is 33.9 Å². The van der Waals surface area contributed by atoms with E-state index in [1.807, 2.05) is 0 Å². The normalized spacial score (nSPS) is 11.1. The Balaban J connectivity index is 1.67.